The zero-order valence-electron chi connectivity index (χ0n) is 37.9. The van der Waals surface area contributed by atoms with E-state index in [-0.39, 0.29) is 36.2 Å². The molecule has 0 radical (unpaired) electrons. The molecule has 65 heavy (non-hydrogen) atoms. The molecule has 3 atom stereocenters. The van der Waals surface area contributed by atoms with E-state index < -0.39 is 96.4 Å². The van der Waals surface area contributed by atoms with Gasteiger partial charge in [-0.25, -0.2) is 32.4 Å². The zero-order valence-corrected chi connectivity index (χ0v) is 38.8. The Morgan fingerprint density at radius 3 is 2.35 bits per heavy atom. The summed E-state index contributed by atoms with van der Waals surface area (Å²) >= 11 is 0. The van der Waals surface area contributed by atoms with Crippen molar-refractivity contribution < 1.29 is 60.4 Å². The number of carbonyl (C=O) groups excluding carboxylic acids is 4. The van der Waals surface area contributed by atoms with Gasteiger partial charge in [-0.2, -0.15) is 0 Å². The number of phosphoric ester groups is 1. The number of anilines is 1. The fraction of sp³-hybridized carbons (Fsp3) is 0.512. The number of ether oxygens (including phenoxy) is 2. The van der Waals surface area contributed by atoms with Crippen molar-refractivity contribution in [3.63, 3.8) is 0 Å². The molecule has 1 N–H and O–H groups in total. The third-order valence-corrected chi connectivity index (χ3v) is 12.6. The second-order valence-corrected chi connectivity index (χ2v) is 19.7. The number of nitrogens with one attached hydrogen (secondary N) is 1. The lowest BCUT2D eigenvalue weighted by Crippen LogP contribution is -2.52. The molecule has 0 unspecified atom stereocenters. The number of oxime groups is 1. The van der Waals surface area contributed by atoms with E-state index in [0.29, 0.717) is 36.6 Å². The van der Waals surface area contributed by atoms with Gasteiger partial charge in [-0.15, -0.1) is 0 Å². The number of nitrogens with zero attached hydrogens (tertiary/aromatic N) is 6. The van der Waals surface area contributed by atoms with Crippen molar-refractivity contribution in [3.8, 4) is 5.75 Å². The van der Waals surface area contributed by atoms with Crippen LogP contribution in [-0.4, -0.2) is 99.3 Å². The molecule has 1 saturated heterocycles. The van der Waals surface area contributed by atoms with Gasteiger partial charge >= 0.3 is 20.0 Å². The molecule has 3 aliphatic heterocycles. The average molecular weight is 930 g/mol. The van der Waals surface area contributed by atoms with Gasteiger partial charge < -0.3 is 34.0 Å². The fourth-order valence-electron chi connectivity index (χ4n) is 7.71. The molecule has 0 aliphatic carbocycles. The van der Waals surface area contributed by atoms with Crippen LogP contribution in [0, 0.1) is 11.6 Å². The maximum absolute atomic E-state index is 14.6. The second kappa shape index (κ2) is 18.6. The first-order chi connectivity index (χ1) is 30.3. The molecule has 19 nitrogen and oxygen atoms in total. The van der Waals surface area contributed by atoms with Crippen LogP contribution in [0.4, 0.5) is 24.2 Å². The summed E-state index contributed by atoms with van der Waals surface area (Å²) < 4.78 is 70.5. The molecule has 6 rings (SSSR count). The quantitative estimate of drug-likeness (QED) is 0.142. The largest absolute Gasteiger partial charge is 0.478 e. The highest BCUT2D eigenvalue weighted by Crippen LogP contribution is 2.55. The summed E-state index contributed by atoms with van der Waals surface area (Å²) in [7, 11) is -1.54. The number of carbonyl (C=O) groups is 4. The number of phosphoric acid groups is 1. The number of amides is 4. The van der Waals surface area contributed by atoms with Gasteiger partial charge in [0.2, 0.25) is 18.0 Å². The number of hydrogen-bond donors (Lipinski definition) is 1. The first kappa shape index (κ1) is 48.7. The van der Waals surface area contributed by atoms with Gasteiger partial charge in [-0.1, -0.05) is 17.3 Å². The molecule has 1 fully saturated rings. The molecule has 4 amide bonds. The predicted octanol–water partition coefficient (Wildman–Crippen LogP) is 7.08. The smallest absolute Gasteiger partial charge is 0.422 e. The van der Waals surface area contributed by atoms with E-state index in [2.05, 4.69) is 15.5 Å². The van der Waals surface area contributed by atoms with Crippen LogP contribution in [0.2, 0.25) is 0 Å². The predicted molar refractivity (Wildman–Crippen MR) is 230 cm³/mol. The maximum atomic E-state index is 14.6. The number of hydrogen-bond acceptors (Lipinski definition) is 14. The van der Waals surface area contributed by atoms with Crippen LogP contribution < -0.4 is 20.4 Å². The van der Waals surface area contributed by atoms with E-state index in [1.807, 2.05) is 6.92 Å². The van der Waals surface area contributed by atoms with Crippen LogP contribution in [0.25, 0.3) is 0 Å². The van der Waals surface area contributed by atoms with Gasteiger partial charge in [-0.3, -0.25) is 28.3 Å². The van der Waals surface area contributed by atoms with E-state index in [1.54, 1.807) is 65.5 Å². The first-order valence-corrected chi connectivity index (χ1v) is 22.2. The monoisotopic (exact) mass is 929 g/mol. The molecular weight excluding hydrogens is 875 g/mol. The van der Waals surface area contributed by atoms with E-state index in [9.17, 15) is 37.3 Å². The third kappa shape index (κ3) is 11.0. The standard InChI is InChI=1S/C43H54F2N7O12P/c1-25-19-43(62-48-25)16-15-26(2)51-23-32(43)52-22-30(37(54)47-20-27-13-14-29(44)18-31(27)45)34(53)35(33(52)38(51)55)61-40(57)50(10)36-28(12-11-17-46-36)21-49(9)39(56)59-24-60-65(58,63-41(3,4)5)64-42(6,7)8/h11-14,17-18,22,26,32H,15-16,19-21,23-24H2,1-10H3,(H,47,54)/t26-,32+,43-/m0/s1. The normalized spacial score (nSPS) is 19.5. The van der Waals surface area contributed by atoms with Gasteiger partial charge in [0.15, 0.2) is 11.3 Å². The summed E-state index contributed by atoms with van der Waals surface area (Å²) in [5.74, 6) is -4.17. The molecule has 2 aromatic heterocycles. The number of fused-ring (bicyclic) bond motifs is 5. The number of rotatable bonds is 12. The Hall–Kier alpha value is -5.76. The van der Waals surface area contributed by atoms with Crippen molar-refractivity contribution in [2.45, 2.75) is 117 Å². The summed E-state index contributed by atoms with van der Waals surface area (Å²) in [5, 5.41) is 6.70. The van der Waals surface area contributed by atoms with E-state index >= 15 is 0 Å². The van der Waals surface area contributed by atoms with Crippen LogP contribution in [0.1, 0.15) is 113 Å². The maximum Gasteiger partial charge on any atom is 0.478 e. The zero-order chi connectivity index (χ0) is 47.8. The Morgan fingerprint density at radius 1 is 1.03 bits per heavy atom. The lowest BCUT2D eigenvalue weighted by atomic mass is 9.84. The Labute approximate surface area is 374 Å². The molecule has 22 heteroatoms. The van der Waals surface area contributed by atoms with Gasteiger partial charge in [0, 0.05) is 69.2 Å². The second-order valence-electron chi connectivity index (χ2n) is 18.2. The Kier molecular flexibility index (Phi) is 13.9. The number of benzene rings is 1. The van der Waals surface area contributed by atoms with Gasteiger partial charge in [0.25, 0.3) is 11.8 Å². The molecule has 1 spiro atoms. The highest BCUT2D eigenvalue weighted by molar-refractivity contribution is 7.48. The van der Waals surface area contributed by atoms with Crippen LogP contribution in [0.15, 0.2) is 52.7 Å². The van der Waals surface area contributed by atoms with Crippen molar-refractivity contribution in [2.24, 2.45) is 5.16 Å². The van der Waals surface area contributed by atoms with Crippen LogP contribution in [0.3, 0.4) is 0 Å². The van der Waals surface area contributed by atoms with Gasteiger partial charge in [-0.05, 0) is 80.4 Å². The number of aromatic nitrogens is 2. The Balaban J connectivity index is 1.28. The van der Waals surface area contributed by atoms with Crippen LogP contribution >= 0.6 is 7.82 Å². The highest BCUT2D eigenvalue weighted by atomic mass is 31.2. The van der Waals surface area contributed by atoms with Crippen molar-refractivity contribution in [3.05, 3.63) is 87.0 Å². The average Bonchev–Trinajstić information content (AvgIpc) is 3.53. The molecule has 3 aliphatic rings. The topological polar surface area (TPSA) is 210 Å². The SMILES string of the molecule is CC1=NO[C@@]2(CC[C@H](C)N3C[C@H]2n2cc(C(=O)NCc4ccc(F)cc4F)c(=O)c(OC(=O)N(C)c4ncccc4CN(C)C(=O)OCOP(=O)(OC(C)(C)C)OC(C)(C)C)c2C3=O)C1. The van der Waals surface area contributed by atoms with Crippen molar-refractivity contribution in [1.82, 2.24) is 24.7 Å². The van der Waals surface area contributed by atoms with Crippen molar-refractivity contribution >= 4 is 43.4 Å². The molecule has 352 valence electrons. The first-order valence-electron chi connectivity index (χ1n) is 20.8. The van der Waals surface area contributed by atoms with Crippen molar-refractivity contribution in [1.29, 1.82) is 0 Å². The van der Waals surface area contributed by atoms with Crippen LogP contribution in [-0.2, 0) is 40.8 Å². The fourth-order valence-corrected chi connectivity index (χ4v) is 9.38. The molecule has 2 bridgehead atoms. The lowest BCUT2D eigenvalue weighted by Gasteiger charge is -2.42. The third-order valence-electron chi connectivity index (χ3n) is 10.7. The van der Waals surface area contributed by atoms with Gasteiger partial charge in [0.05, 0.1) is 29.5 Å². The van der Waals surface area contributed by atoms with E-state index in [4.69, 9.17) is 27.9 Å². The molecule has 3 aromatic rings. The molecule has 0 saturated carbocycles. The molecule has 1 aromatic carbocycles. The summed E-state index contributed by atoms with van der Waals surface area (Å²) in [4.78, 5) is 84.1. The minimum Gasteiger partial charge on any atom is -0.422 e. The number of halogens is 2. The highest BCUT2D eigenvalue weighted by Gasteiger charge is 2.54. The Morgan fingerprint density at radius 2 is 1.72 bits per heavy atom. The summed E-state index contributed by atoms with van der Waals surface area (Å²) in [6.07, 6.45) is 1.79. The summed E-state index contributed by atoms with van der Waals surface area (Å²) in [6.45, 7) is 12.2. The minimum atomic E-state index is -4.21. The lowest BCUT2D eigenvalue weighted by molar-refractivity contribution is -0.0655. The molecule has 5 heterocycles. The van der Waals surface area contributed by atoms with Crippen molar-refractivity contribution in [2.75, 3.05) is 32.3 Å². The summed E-state index contributed by atoms with van der Waals surface area (Å²) in [6, 6.07) is 4.88. The number of pyridine rings is 2. The summed E-state index contributed by atoms with van der Waals surface area (Å²) in [5.41, 5.74) is -3.92. The van der Waals surface area contributed by atoms with E-state index in [1.165, 1.54) is 31.1 Å². The minimum absolute atomic E-state index is 0.0254. The van der Waals surface area contributed by atoms with Crippen LogP contribution in [0.5, 0.6) is 5.75 Å². The van der Waals surface area contributed by atoms with E-state index in [0.717, 1.165) is 21.9 Å². The Bertz CT molecular complexity index is 2490. The van der Waals surface area contributed by atoms with Gasteiger partial charge in [0.1, 0.15) is 23.0 Å². The molecular formula is C43H54F2N7O12P.